The number of piperidine rings is 1. The third-order valence-electron chi connectivity index (χ3n) is 3.38. The topological polar surface area (TPSA) is 55.8 Å². The van der Waals surface area contributed by atoms with Crippen molar-refractivity contribution in [2.24, 2.45) is 5.41 Å². The van der Waals surface area contributed by atoms with Crippen LogP contribution in [0.3, 0.4) is 0 Å². The van der Waals surface area contributed by atoms with Crippen LogP contribution >= 0.6 is 0 Å². The quantitative estimate of drug-likeness (QED) is 0.590. The van der Waals surface area contributed by atoms with Gasteiger partial charge in [-0.15, -0.1) is 6.58 Å². The lowest BCUT2D eigenvalue weighted by atomic mass is 9.78. The fourth-order valence-corrected chi connectivity index (χ4v) is 2.18. The first-order chi connectivity index (χ1) is 9.24. The molecule has 0 aromatic heterocycles. The molecular weight excluding hydrogens is 258 g/mol. The van der Waals surface area contributed by atoms with Crippen LogP contribution in [0.15, 0.2) is 12.7 Å². The number of esters is 1. The lowest BCUT2D eigenvalue weighted by Gasteiger charge is -2.38. The number of ether oxygens (including phenoxy) is 2. The highest BCUT2D eigenvalue weighted by Crippen LogP contribution is 2.34. The van der Waals surface area contributed by atoms with Gasteiger partial charge in [-0.05, 0) is 40.5 Å². The molecule has 20 heavy (non-hydrogen) atoms. The Morgan fingerprint density at radius 2 is 1.85 bits per heavy atom. The van der Waals surface area contributed by atoms with Crippen LogP contribution in [-0.4, -0.2) is 42.3 Å². The molecule has 0 unspecified atom stereocenters. The molecule has 1 rings (SSSR count). The largest absolute Gasteiger partial charge is 0.465 e. The second kappa shape index (κ2) is 6.29. The van der Waals surface area contributed by atoms with Gasteiger partial charge >= 0.3 is 12.1 Å². The van der Waals surface area contributed by atoms with Crippen LogP contribution in [0.1, 0.15) is 40.5 Å². The zero-order valence-corrected chi connectivity index (χ0v) is 12.9. The minimum atomic E-state index is -0.672. The highest BCUT2D eigenvalue weighted by Gasteiger charge is 2.41. The van der Waals surface area contributed by atoms with E-state index < -0.39 is 11.0 Å². The number of nitrogens with zero attached hydrogens (tertiary/aromatic N) is 1. The maximum atomic E-state index is 12.0. The van der Waals surface area contributed by atoms with E-state index in [-0.39, 0.29) is 12.1 Å². The van der Waals surface area contributed by atoms with Crippen molar-refractivity contribution in [1.82, 2.24) is 4.90 Å². The standard InChI is InChI=1S/C15H25NO4/c1-6-15(12(17)19-7-2)8-10-16(11-9-15)13(18)20-14(3,4)5/h6H,1,7-11H2,2-5H3. The van der Waals surface area contributed by atoms with Gasteiger partial charge in [-0.2, -0.15) is 0 Å². The van der Waals surface area contributed by atoms with E-state index in [0.717, 1.165) is 0 Å². The van der Waals surface area contributed by atoms with Crippen molar-refractivity contribution in [3.8, 4) is 0 Å². The van der Waals surface area contributed by atoms with Crippen molar-refractivity contribution in [3.05, 3.63) is 12.7 Å². The summed E-state index contributed by atoms with van der Waals surface area (Å²) >= 11 is 0. The first-order valence-corrected chi connectivity index (χ1v) is 7.03. The number of likely N-dealkylation sites (tertiary alicyclic amines) is 1. The number of carbonyl (C=O) groups is 2. The van der Waals surface area contributed by atoms with E-state index in [1.807, 2.05) is 20.8 Å². The van der Waals surface area contributed by atoms with Gasteiger partial charge in [0.1, 0.15) is 5.60 Å². The molecule has 0 radical (unpaired) electrons. The number of rotatable bonds is 3. The number of carbonyl (C=O) groups excluding carboxylic acids is 2. The molecule has 0 aromatic carbocycles. The summed E-state index contributed by atoms with van der Waals surface area (Å²) < 4.78 is 10.4. The second-order valence-corrected chi connectivity index (χ2v) is 6.05. The zero-order chi connectivity index (χ0) is 15.4. The Balaban J connectivity index is 2.64. The van der Waals surface area contributed by atoms with Crippen LogP contribution in [0.2, 0.25) is 0 Å². The van der Waals surface area contributed by atoms with E-state index in [9.17, 15) is 9.59 Å². The monoisotopic (exact) mass is 283 g/mol. The van der Waals surface area contributed by atoms with E-state index >= 15 is 0 Å². The van der Waals surface area contributed by atoms with E-state index in [4.69, 9.17) is 9.47 Å². The van der Waals surface area contributed by atoms with E-state index in [1.54, 1.807) is 17.9 Å². The molecule has 1 fully saturated rings. The summed E-state index contributed by atoms with van der Waals surface area (Å²) in [5.41, 5.74) is -1.18. The van der Waals surface area contributed by atoms with Crippen LogP contribution in [0.25, 0.3) is 0 Å². The van der Waals surface area contributed by atoms with Crippen LogP contribution in [0.4, 0.5) is 4.79 Å². The summed E-state index contributed by atoms with van der Waals surface area (Å²) in [4.78, 5) is 25.6. The molecule has 0 aromatic rings. The Morgan fingerprint density at radius 1 is 1.30 bits per heavy atom. The van der Waals surface area contributed by atoms with Crippen molar-refractivity contribution in [2.75, 3.05) is 19.7 Å². The normalized spacial score (nSPS) is 18.3. The average molecular weight is 283 g/mol. The van der Waals surface area contributed by atoms with Crippen LogP contribution < -0.4 is 0 Å². The van der Waals surface area contributed by atoms with Gasteiger partial charge in [0.25, 0.3) is 0 Å². The summed E-state index contributed by atoms with van der Waals surface area (Å²) in [5.74, 6) is -0.251. The Labute approximate surface area is 120 Å². The van der Waals surface area contributed by atoms with Gasteiger partial charge in [0.05, 0.1) is 12.0 Å². The van der Waals surface area contributed by atoms with Crippen molar-refractivity contribution in [2.45, 2.75) is 46.1 Å². The number of hydrogen-bond acceptors (Lipinski definition) is 4. The van der Waals surface area contributed by atoms with E-state index in [1.165, 1.54) is 0 Å². The maximum absolute atomic E-state index is 12.0. The number of hydrogen-bond donors (Lipinski definition) is 0. The van der Waals surface area contributed by atoms with Gasteiger partial charge in [-0.3, -0.25) is 4.79 Å². The molecule has 5 nitrogen and oxygen atoms in total. The number of amides is 1. The molecular formula is C15H25NO4. The molecule has 1 saturated heterocycles. The molecule has 0 aliphatic carbocycles. The summed E-state index contributed by atoms with van der Waals surface area (Å²) in [6.07, 6.45) is 2.36. The summed E-state index contributed by atoms with van der Waals surface area (Å²) in [7, 11) is 0. The van der Waals surface area contributed by atoms with Gasteiger partial charge in [0.15, 0.2) is 0 Å². The smallest absolute Gasteiger partial charge is 0.410 e. The predicted molar refractivity (Wildman–Crippen MR) is 76.3 cm³/mol. The highest BCUT2D eigenvalue weighted by atomic mass is 16.6. The minimum absolute atomic E-state index is 0.251. The van der Waals surface area contributed by atoms with Crippen molar-refractivity contribution < 1.29 is 19.1 Å². The van der Waals surface area contributed by atoms with Gasteiger partial charge < -0.3 is 14.4 Å². The molecule has 1 aliphatic rings. The lowest BCUT2D eigenvalue weighted by molar-refractivity contribution is -0.154. The van der Waals surface area contributed by atoms with Crippen LogP contribution in [0, 0.1) is 5.41 Å². The SMILES string of the molecule is C=CC1(C(=O)OCC)CCN(C(=O)OC(C)(C)C)CC1. The Hall–Kier alpha value is -1.52. The average Bonchev–Trinajstić information content (AvgIpc) is 2.37. The summed E-state index contributed by atoms with van der Waals surface area (Å²) in [6.45, 7) is 12.3. The van der Waals surface area contributed by atoms with Crippen molar-refractivity contribution in [1.29, 1.82) is 0 Å². The molecule has 114 valence electrons. The minimum Gasteiger partial charge on any atom is -0.465 e. The van der Waals surface area contributed by atoms with E-state index in [0.29, 0.717) is 32.5 Å². The Morgan fingerprint density at radius 3 is 2.25 bits per heavy atom. The van der Waals surface area contributed by atoms with Gasteiger partial charge in [0.2, 0.25) is 0 Å². The first kappa shape index (κ1) is 16.5. The van der Waals surface area contributed by atoms with Crippen LogP contribution in [-0.2, 0) is 14.3 Å². The molecule has 0 spiro atoms. The fraction of sp³-hybridized carbons (Fsp3) is 0.733. The van der Waals surface area contributed by atoms with Gasteiger partial charge in [0, 0.05) is 13.1 Å². The molecule has 5 heteroatoms. The van der Waals surface area contributed by atoms with Crippen LogP contribution in [0.5, 0.6) is 0 Å². The molecule has 1 heterocycles. The predicted octanol–water partition coefficient (Wildman–Crippen LogP) is 2.75. The first-order valence-electron chi connectivity index (χ1n) is 7.03. The molecule has 1 aliphatic heterocycles. The molecule has 0 bridgehead atoms. The Bertz CT molecular complexity index is 376. The summed E-state index contributed by atoms with van der Waals surface area (Å²) in [5, 5.41) is 0. The zero-order valence-electron chi connectivity index (χ0n) is 12.9. The third kappa shape index (κ3) is 3.99. The highest BCUT2D eigenvalue weighted by molar-refractivity contribution is 5.79. The summed E-state index contributed by atoms with van der Waals surface area (Å²) in [6, 6.07) is 0. The fourth-order valence-electron chi connectivity index (χ4n) is 2.18. The molecule has 0 atom stereocenters. The lowest BCUT2D eigenvalue weighted by Crippen LogP contribution is -2.47. The molecule has 1 amide bonds. The Kier molecular flexibility index (Phi) is 5.20. The second-order valence-electron chi connectivity index (χ2n) is 6.05. The maximum Gasteiger partial charge on any atom is 0.410 e. The third-order valence-corrected chi connectivity index (χ3v) is 3.38. The van der Waals surface area contributed by atoms with Gasteiger partial charge in [-0.1, -0.05) is 6.08 Å². The molecule has 0 saturated carbocycles. The van der Waals surface area contributed by atoms with Crippen molar-refractivity contribution in [3.63, 3.8) is 0 Å². The molecule has 0 N–H and O–H groups in total. The van der Waals surface area contributed by atoms with Gasteiger partial charge in [-0.25, -0.2) is 4.79 Å². The van der Waals surface area contributed by atoms with Crippen molar-refractivity contribution >= 4 is 12.1 Å². The van der Waals surface area contributed by atoms with E-state index in [2.05, 4.69) is 6.58 Å².